The second kappa shape index (κ2) is 9.23. The summed E-state index contributed by atoms with van der Waals surface area (Å²) in [5.41, 5.74) is 3.23. The minimum atomic E-state index is -0.0576. The Hall–Kier alpha value is -2.31. The number of nitrogens with one attached hydrogen (secondary N) is 1. The number of carbonyl (C=O) groups excluding carboxylic acids is 1. The van der Waals surface area contributed by atoms with Gasteiger partial charge in [0, 0.05) is 37.4 Å². The van der Waals surface area contributed by atoms with Crippen molar-refractivity contribution >= 4 is 11.6 Å². The van der Waals surface area contributed by atoms with Gasteiger partial charge in [0.2, 0.25) is 0 Å². The van der Waals surface area contributed by atoms with Crippen LogP contribution in [-0.4, -0.2) is 55.7 Å². The summed E-state index contributed by atoms with van der Waals surface area (Å²) in [6.45, 7) is 11.2. The first-order valence-corrected chi connectivity index (χ1v) is 11.1. The number of carbonyl (C=O) groups is 1. The third-order valence-electron chi connectivity index (χ3n) is 6.41. The molecule has 1 aromatic carbocycles. The van der Waals surface area contributed by atoms with E-state index in [1.54, 1.807) is 12.3 Å². The van der Waals surface area contributed by atoms with Gasteiger partial charge in [-0.1, -0.05) is 32.0 Å². The summed E-state index contributed by atoms with van der Waals surface area (Å²) in [4.78, 5) is 17.8. The van der Waals surface area contributed by atoms with Crippen LogP contribution in [0.5, 0.6) is 0 Å². The Labute approximate surface area is 179 Å². The summed E-state index contributed by atoms with van der Waals surface area (Å²) in [6, 6.07) is 11.0. The molecule has 162 valence electrons. The standard InChI is InChI=1S/C24H33N3O3/c1-17(2)22(26-9-12-29-13-10-26)15-25-24(28)20-8-11-30-23(20)16-27-18(3)14-19-6-4-5-7-21(19)27/h4-8,11,17-18,22H,9-10,12-16H2,1-3H3,(H,25,28). The molecule has 30 heavy (non-hydrogen) atoms. The van der Waals surface area contributed by atoms with Crippen molar-refractivity contribution in [2.24, 2.45) is 5.92 Å². The first-order chi connectivity index (χ1) is 14.5. The van der Waals surface area contributed by atoms with Gasteiger partial charge in [-0.3, -0.25) is 9.69 Å². The van der Waals surface area contributed by atoms with E-state index in [1.165, 1.54) is 11.3 Å². The SMILES string of the molecule is CC(C)C(CNC(=O)c1ccoc1CN1c2ccccc2CC1C)N1CCOCC1. The molecule has 3 heterocycles. The molecule has 1 amide bonds. The lowest BCUT2D eigenvalue weighted by Crippen LogP contribution is -2.51. The number of anilines is 1. The highest BCUT2D eigenvalue weighted by Gasteiger charge is 2.29. The highest BCUT2D eigenvalue weighted by molar-refractivity contribution is 5.95. The van der Waals surface area contributed by atoms with E-state index in [-0.39, 0.29) is 5.91 Å². The topological polar surface area (TPSA) is 58.0 Å². The highest BCUT2D eigenvalue weighted by Crippen LogP contribution is 2.33. The summed E-state index contributed by atoms with van der Waals surface area (Å²) in [5, 5.41) is 3.16. The van der Waals surface area contributed by atoms with Gasteiger partial charge in [-0.15, -0.1) is 0 Å². The maximum absolute atomic E-state index is 13.0. The Kier molecular flexibility index (Phi) is 6.44. The van der Waals surface area contributed by atoms with Crippen molar-refractivity contribution < 1.29 is 13.9 Å². The summed E-state index contributed by atoms with van der Waals surface area (Å²) >= 11 is 0. The molecule has 1 aromatic heterocycles. The van der Waals surface area contributed by atoms with Crippen LogP contribution < -0.4 is 10.2 Å². The fraction of sp³-hybridized carbons (Fsp3) is 0.542. The molecule has 0 aliphatic carbocycles. The number of rotatable bonds is 7. The van der Waals surface area contributed by atoms with Gasteiger partial charge >= 0.3 is 0 Å². The van der Waals surface area contributed by atoms with Crippen molar-refractivity contribution in [3.63, 3.8) is 0 Å². The molecule has 6 nitrogen and oxygen atoms in total. The lowest BCUT2D eigenvalue weighted by Gasteiger charge is -2.36. The molecule has 2 aliphatic rings. The molecule has 2 aromatic rings. The molecule has 0 bridgehead atoms. The Morgan fingerprint density at radius 3 is 2.73 bits per heavy atom. The third kappa shape index (κ3) is 4.40. The van der Waals surface area contributed by atoms with Gasteiger partial charge in [-0.05, 0) is 37.0 Å². The van der Waals surface area contributed by atoms with Crippen molar-refractivity contribution in [2.75, 3.05) is 37.7 Å². The number of ether oxygens (including phenoxy) is 1. The molecule has 1 saturated heterocycles. The van der Waals surface area contributed by atoms with Crippen LogP contribution in [0.2, 0.25) is 0 Å². The van der Waals surface area contributed by atoms with Crippen molar-refractivity contribution in [3.05, 3.63) is 53.5 Å². The van der Waals surface area contributed by atoms with Crippen LogP contribution in [-0.2, 0) is 17.7 Å². The van der Waals surface area contributed by atoms with Gasteiger partial charge in [0.1, 0.15) is 5.76 Å². The van der Waals surface area contributed by atoms with E-state index in [0.29, 0.717) is 36.7 Å². The molecular weight excluding hydrogens is 378 g/mol. The average molecular weight is 412 g/mol. The Morgan fingerprint density at radius 1 is 1.20 bits per heavy atom. The van der Waals surface area contributed by atoms with Crippen LogP contribution in [0.15, 0.2) is 41.0 Å². The maximum Gasteiger partial charge on any atom is 0.254 e. The quantitative estimate of drug-likeness (QED) is 0.758. The van der Waals surface area contributed by atoms with Gasteiger partial charge in [-0.25, -0.2) is 0 Å². The lowest BCUT2D eigenvalue weighted by molar-refractivity contribution is 0.00672. The van der Waals surface area contributed by atoms with Crippen molar-refractivity contribution in [2.45, 2.75) is 45.8 Å². The summed E-state index contributed by atoms with van der Waals surface area (Å²) in [5.74, 6) is 1.12. The molecule has 6 heteroatoms. The highest BCUT2D eigenvalue weighted by atomic mass is 16.5. The number of morpholine rings is 1. The van der Waals surface area contributed by atoms with Gasteiger partial charge < -0.3 is 19.4 Å². The first kappa shape index (κ1) is 20.9. The fourth-order valence-electron chi connectivity index (χ4n) is 4.68. The van der Waals surface area contributed by atoms with E-state index in [4.69, 9.17) is 9.15 Å². The van der Waals surface area contributed by atoms with E-state index >= 15 is 0 Å². The number of hydrogen-bond acceptors (Lipinski definition) is 5. The van der Waals surface area contributed by atoms with Gasteiger partial charge in [0.15, 0.2) is 0 Å². The van der Waals surface area contributed by atoms with Crippen LogP contribution >= 0.6 is 0 Å². The molecule has 0 radical (unpaired) electrons. The Morgan fingerprint density at radius 2 is 1.97 bits per heavy atom. The van der Waals surface area contributed by atoms with Gasteiger partial charge in [0.05, 0.1) is 31.6 Å². The number of benzene rings is 1. The number of furan rings is 1. The fourth-order valence-corrected chi connectivity index (χ4v) is 4.68. The number of hydrogen-bond donors (Lipinski definition) is 1. The van der Waals surface area contributed by atoms with Crippen LogP contribution in [0.1, 0.15) is 42.5 Å². The van der Waals surface area contributed by atoms with Crippen LogP contribution in [0.3, 0.4) is 0 Å². The van der Waals surface area contributed by atoms with Gasteiger partial charge in [-0.2, -0.15) is 0 Å². The zero-order valence-electron chi connectivity index (χ0n) is 18.3. The number of amides is 1. The van der Waals surface area contributed by atoms with E-state index in [1.807, 2.05) is 0 Å². The second-order valence-corrected chi connectivity index (χ2v) is 8.74. The minimum Gasteiger partial charge on any atom is -0.467 e. The molecule has 2 atom stereocenters. The zero-order valence-corrected chi connectivity index (χ0v) is 18.3. The predicted octanol–water partition coefficient (Wildman–Crippen LogP) is 3.32. The van der Waals surface area contributed by atoms with Crippen LogP contribution in [0, 0.1) is 5.92 Å². The zero-order chi connectivity index (χ0) is 21.1. The minimum absolute atomic E-state index is 0.0576. The number of para-hydroxylation sites is 1. The summed E-state index contributed by atoms with van der Waals surface area (Å²) in [7, 11) is 0. The Balaban J connectivity index is 1.42. The maximum atomic E-state index is 13.0. The van der Waals surface area contributed by atoms with E-state index in [9.17, 15) is 4.79 Å². The normalized spacial score (nSPS) is 20.4. The number of fused-ring (bicyclic) bond motifs is 1. The van der Waals surface area contributed by atoms with E-state index in [0.717, 1.165) is 38.5 Å². The predicted molar refractivity (Wildman–Crippen MR) is 118 cm³/mol. The summed E-state index contributed by atoms with van der Waals surface area (Å²) in [6.07, 6.45) is 2.65. The molecule has 2 unspecified atom stereocenters. The molecule has 0 saturated carbocycles. The van der Waals surface area contributed by atoms with Crippen LogP contribution in [0.4, 0.5) is 5.69 Å². The third-order valence-corrected chi connectivity index (χ3v) is 6.41. The molecule has 1 fully saturated rings. The average Bonchev–Trinajstić information content (AvgIpc) is 3.33. The molecule has 1 N–H and O–H groups in total. The monoisotopic (exact) mass is 411 g/mol. The molecule has 4 rings (SSSR count). The molecule has 2 aliphatic heterocycles. The second-order valence-electron chi connectivity index (χ2n) is 8.74. The number of nitrogens with zero attached hydrogens (tertiary/aromatic N) is 2. The lowest BCUT2D eigenvalue weighted by atomic mass is 10.0. The van der Waals surface area contributed by atoms with E-state index in [2.05, 4.69) is 60.2 Å². The Bertz CT molecular complexity index is 857. The van der Waals surface area contributed by atoms with Gasteiger partial charge in [0.25, 0.3) is 5.91 Å². The van der Waals surface area contributed by atoms with E-state index < -0.39 is 0 Å². The van der Waals surface area contributed by atoms with Crippen LogP contribution in [0.25, 0.3) is 0 Å². The molecule has 0 spiro atoms. The summed E-state index contributed by atoms with van der Waals surface area (Å²) < 4.78 is 11.2. The van der Waals surface area contributed by atoms with Crippen molar-refractivity contribution in [1.82, 2.24) is 10.2 Å². The smallest absolute Gasteiger partial charge is 0.254 e. The van der Waals surface area contributed by atoms with Crippen molar-refractivity contribution in [1.29, 1.82) is 0 Å². The first-order valence-electron chi connectivity index (χ1n) is 11.1. The molecular formula is C24H33N3O3. The van der Waals surface area contributed by atoms with Crippen molar-refractivity contribution in [3.8, 4) is 0 Å². The largest absolute Gasteiger partial charge is 0.467 e.